The van der Waals surface area contributed by atoms with E-state index in [1.54, 1.807) is 12.1 Å². The minimum Gasteiger partial charge on any atom is -0.508 e. The third kappa shape index (κ3) is 3.24. The quantitative estimate of drug-likeness (QED) is 0.192. The van der Waals surface area contributed by atoms with Crippen LogP contribution in [0.25, 0.3) is 0 Å². The summed E-state index contributed by atoms with van der Waals surface area (Å²) in [5, 5.41) is 74.8. The van der Waals surface area contributed by atoms with Gasteiger partial charge in [-0.05, 0) is 42.0 Å². The van der Waals surface area contributed by atoms with Gasteiger partial charge in [0.05, 0.1) is 11.7 Å². The molecule has 0 aliphatic carbocycles. The van der Waals surface area contributed by atoms with Crippen LogP contribution in [0.3, 0.4) is 0 Å². The van der Waals surface area contributed by atoms with Gasteiger partial charge in [-0.3, -0.25) is 4.79 Å². The number of benzene rings is 4. The van der Waals surface area contributed by atoms with E-state index < -0.39 is 46.4 Å². The van der Waals surface area contributed by atoms with E-state index in [2.05, 4.69) is 0 Å². The molecule has 11 nitrogen and oxygen atoms in total. The van der Waals surface area contributed by atoms with Crippen molar-refractivity contribution in [2.75, 3.05) is 0 Å². The van der Waals surface area contributed by atoms with Crippen LogP contribution in [0.1, 0.15) is 38.7 Å². The van der Waals surface area contributed by atoms with Gasteiger partial charge >= 0.3 is 5.79 Å². The summed E-state index contributed by atoms with van der Waals surface area (Å²) in [7, 11) is 0. The molecule has 0 bridgehead atoms. The van der Waals surface area contributed by atoms with Crippen molar-refractivity contribution in [3.8, 4) is 46.0 Å². The minimum atomic E-state index is -2.74. The molecule has 7 rings (SSSR count). The van der Waals surface area contributed by atoms with Crippen LogP contribution in [0.5, 0.6) is 46.0 Å². The number of phenols is 5. The number of hydrogen-bond donors (Lipinski definition) is 7. The van der Waals surface area contributed by atoms with E-state index in [-0.39, 0.29) is 57.6 Å². The maximum absolute atomic E-state index is 14.3. The van der Waals surface area contributed by atoms with Crippen LogP contribution in [0.2, 0.25) is 0 Å². The second-order valence-corrected chi connectivity index (χ2v) is 10.2. The zero-order valence-electron chi connectivity index (χ0n) is 21.0. The van der Waals surface area contributed by atoms with Crippen LogP contribution in [0, 0.1) is 0 Å². The molecule has 0 saturated carbocycles. The Morgan fingerprint density at radius 3 is 2.07 bits per heavy atom. The summed E-state index contributed by atoms with van der Waals surface area (Å²) in [6.45, 7) is 0. The monoisotopic (exact) mass is 558 g/mol. The number of aromatic hydroxyl groups is 5. The van der Waals surface area contributed by atoms with Crippen LogP contribution in [-0.4, -0.2) is 47.6 Å². The molecule has 0 saturated heterocycles. The van der Waals surface area contributed by atoms with E-state index in [0.29, 0.717) is 5.56 Å². The summed E-state index contributed by atoms with van der Waals surface area (Å²) in [4.78, 5) is 14.3. The molecule has 0 aromatic heterocycles. The average molecular weight is 558 g/mol. The molecule has 7 N–H and O–H groups in total. The Labute approximate surface area is 231 Å². The number of aliphatic hydroxyl groups excluding tert-OH is 1. The van der Waals surface area contributed by atoms with E-state index in [4.69, 9.17) is 14.2 Å². The number of ether oxygens (including phenoxy) is 3. The standard InChI is InChI=1S/C30H22O11/c31-15-5-1-13(2-6-15)26-21(36)11-18-19(34)12-23-25(27(18)39-26)29(38)28(37)24-20(35)9-17(33)10-22(24)40-30(29,41-23)14-3-7-16(32)8-4-14/h1-10,12,21,26,31-36,38H,11H2/t21-,26+,29-,30-/m1/s1. The lowest BCUT2D eigenvalue weighted by Crippen LogP contribution is -2.60. The Balaban J connectivity index is 1.49. The van der Waals surface area contributed by atoms with Gasteiger partial charge in [0, 0.05) is 35.7 Å². The molecule has 4 aromatic rings. The number of phenolic OH excluding ortho intramolecular Hbond substituents is 5. The summed E-state index contributed by atoms with van der Waals surface area (Å²) in [6.07, 6.45) is -2.31. The number of carbonyl (C=O) groups excluding carboxylic acids is 1. The predicted molar refractivity (Wildman–Crippen MR) is 138 cm³/mol. The minimum absolute atomic E-state index is 0.00570. The highest BCUT2D eigenvalue weighted by molar-refractivity contribution is 6.10. The van der Waals surface area contributed by atoms with E-state index in [0.717, 1.165) is 12.1 Å². The number of hydrogen-bond acceptors (Lipinski definition) is 11. The fourth-order valence-electron chi connectivity index (χ4n) is 5.88. The highest BCUT2D eigenvalue weighted by Crippen LogP contribution is 2.64. The number of Topliss-reactive ketones (excluding diaryl/α,β-unsaturated/α-hetero) is 1. The topological polar surface area (TPSA) is 186 Å². The maximum atomic E-state index is 14.3. The highest BCUT2D eigenvalue weighted by Gasteiger charge is 2.72. The number of fused-ring (bicyclic) bond motifs is 6. The second kappa shape index (κ2) is 8.19. The normalized spacial score (nSPS) is 25.6. The molecule has 11 heteroatoms. The van der Waals surface area contributed by atoms with Crippen LogP contribution in [0.15, 0.2) is 66.7 Å². The van der Waals surface area contributed by atoms with E-state index >= 15 is 0 Å². The van der Waals surface area contributed by atoms with Gasteiger partial charge in [0.15, 0.2) is 0 Å². The van der Waals surface area contributed by atoms with Gasteiger partial charge in [-0.1, -0.05) is 12.1 Å². The fourth-order valence-corrected chi connectivity index (χ4v) is 5.88. The van der Waals surface area contributed by atoms with Crippen LogP contribution in [-0.2, 0) is 17.8 Å². The first-order valence-electron chi connectivity index (χ1n) is 12.6. The molecule has 0 unspecified atom stereocenters. The van der Waals surface area contributed by atoms with Crippen LogP contribution >= 0.6 is 0 Å². The van der Waals surface area contributed by atoms with Gasteiger partial charge < -0.3 is 50.0 Å². The molecule has 0 amide bonds. The number of ketones is 1. The molecule has 4 aromatic carbocycles. The first-order valence-corrected chi connectivity index (χ1v) is 12.6. The molecule has 3 aliphatic heterocycles. The van der Waals surface area contributed by atoms with Gasteiger partial charge in [-0.15, -0.1) is 0 Å². The zero-order chi connectivity index (χ0) is 28.8. The Morgan fingerprint density at radius 2 is 1.39 bits per heavy atom. The van der Waals surface area contributed by atoms with E-state index in [1.165, 1.54) is 42.5 Å². The van der Waals surface area contributed by atoms with Crippen molar-refractivity contribution < 1.29 is 54.8 Å². The van der Waals surface area contributed by atoms with Gasteiger partial charge in [0.1, 0.15) is 57.7 Å². The van der Waals surface area contributed by atoms with Crippen LogP contribution in [0.4, 0.5) is 0 Å². The van der Waals surface area contributed by atoms with Crippen molar-refractivity contribution in [3.05, 3.63) is 94.5 Å². The molecule has 3 aliphatic rings. The Morgan fingerprint density at radius 1 is 0.756 bits per heavy atom. The lowest BCUT2D eigenvalue weighted by atomic mass is 9.74. The molecular formula is C30H22O11. The molecule has 0 spiro atoms. The summed E-state index contributed by atoms with van der Waals surface area (Å²) >= 11 is 0. The van der Waals surface area contributed by atoms with Crippen molar-refractivity contribution in [2.45, 2.75) is 30.0 Å². The third-order valence-electron chi connectivity index (χ3n) is 7.77. The van der Waals surface area contributed by atoms with Crippen molar-refractivity contribution in [1.29, 1.82) is 0 Å². The lowest BCUT2D eigenvalue weighted by Gasteiger charge is -2.44. The van der Waals surface area contributed by atoms with Gasteiger partial charge in [0.25, 0.3) is 0 Å². The second-order valence-electron chi connectivity index (χ2n) is 10.2. The lowest BCUT2D eigenvalue weighted by molar-refractivity contribution is -0.218. The zero-order valence-corrected chi connectivity index (χ0v) is 21.0. The average Bonchev–Trinajstić information content (AvgIpc) is 3.18. The fraction of sp³-hybridized carbons (Fsp3) is 0.167. The van der Waals surface area contributed by atoms with Gasteiger partial charge in [0.2, 0.25) is 11.4 Å². The summed E-state index contributed by atoms with van der Waals surface area (Å²) in [5.74, 6) is -5.54. The molecule has 0 radical (unpaired) electrons. The third-order valence-corrected chi connectivity index (χ3v) is 7.77. The summed E-state index contributed by atoms with van der Waals surface area (Å²) in [6, 6.07) is 14.4. The van der Waals surface area contributed by atoms with Gasteiger partial charge in [-0.25, -0.2) is 0 Å². The first-order chi connectivity index (χ1) is 19.5. The summed E-state index contributed by atoms with van der Waals surface area (Å²) in [5.41, 5.74) is -2.73. The molecule has 4 atom stereocenters. The Hall–Kier alpha value is -5.13. The van der Waals surface area contributed by atoms with Crippen molar-refractivity contribution in [1.82, 2.24) is 0 Å². The van der Waals surface area contributed by atoms with E-state index in [1.807, 2.05) is 0 Å². The Kier molecular flexibility index (Phi) is 4.97. The number of aliphatic hydroxyl groups is 2. The smallest absolute Gasteiger partial charge is 0.319 e. The van der Waals surface area contributed by atoms with Crippen molar-refractivity contribution in [3.63, 3.8) is 0 Å². The molecule has 41 heavy (non-hydrogen) atoms. The number of carbonyl (C=O) groups is 1. The van der Waals surface area contributed by atoms with Crippen LogP contribution < -0.4 is 14.2 Å². The molecule has 0 fully saturated rings. The highest BCUT2D eigenvalue weighted by atomic mass is 16.7. The maximum Gasteiger partial charge on any atom is 0.319 e. The summed E-state index contributed by atoms with van der Waals surface area (Å²) < 4.78 is 18.6. The molecule has 208 valence electrons. The Bertz CT molecular complexity index is 1750. The van der Waals surface area contributed by atoms with Crippen molar-refractivity contribution >= 4 is 5.78 Å². The molecule has 3 heterocycles. The van der Waals surface area contributed by atoms with E-state index in [9.17, 15) is 40.5 Å². The first kappa shape index (κ1) is 24.9. The predicted octanol–water partition coefficient (Wildman–Crippen LogP) is 2.96. The molecular weight excluding hydrogens is 536 g/mol. The largest absolute Gasteiger partial charge is 0.508 e. The van der Waals surface area contributed by atoms with Crippen molar-refractivity contribution in [2.24, 2.45) is 0 Å². The van der Waals surface area contributed by atoms with Gasteiger partial charge in [-0.2, -0.15) is 0 Å². The number of rotatable bonds is 2. The SMILES string of the molecule is O=C1c2c(O)cc(O)cc2O[C@]2(c3ccc(O)cc3)Oc3cc(O)c4c(c3[C@@]12O)O[C@@H](c1ccc(O)cc1)[C@H](O)C4.